The van der Waals surface area contributed by atoms with Crippen molar-refractivity contribution in [3.63, 3.8) is 0 Å². The Morgan fingerprint density at radius 2 is 2.05 bits per heavy atom. The van der Waals surface area contributed by atoms with E-state index in [1.54, 1.807) is 0 Å². The fourth-order valence-electron chi connectivity index (χ4n) is 2.68. The van der Waals surface area contributed by atoms with Gasteiger partial charge in [0.15, 0.2) is 0 Å². The molecule has 0 saturated heterocycles. The average molecular weight is 260 g/mol. The molecule has 19 heavy (non-hydrogen) atoms. The minimum Gasteiger partial charge on any atom is -0.313 e. The van der Waals surface area contributed by atoms with Crippen LogP contribution in [0.4, 0.5) is 0 Å². The number of nitrogens with zero attached hydrogens (tertiary/aromatic N) is 1. The number of likely N-dealkylation sites (N-methyl/N-ethyl adjacent to an activating group) is 1. The summed E-state index contributed by atoms with van der Waals surface area (Å²) in [5, 5.41) is 3.68. The van der Waals surface area contributed by atoms with Crippen molar-refractivity contribution in [1.29, 1.82) is 0 Å². The second-order valence-electron chi connectivity index (χ2n) is 6.31. The molecule has 2 rings (SSSR count). The second-order valence-corrected chi connectivity index (χ2v) is 6.31. The van der Waals surface area contributed by atoms with Crippen LogP contribution in [0.25, 0.3) is 0 Å². The molecule has 0 aromatic heterocycles. The molecule has 0 spiro atoms. The van der Waals surface area contributed by atoms with Gasteiger partial charge in [0, 0.05) is 25.2 Å². The highest BCUT2D eigenvalue weighted by Crippen LogP contribution is 2.36. The maximum Gasteiger partial charge on any atom is 0.0107 e. The van der Waals surface area contributed by atoms with Crippen molar-refractivity contribution in [2.24, 2.45) is 0 Å². The van der Waals surface area contributed by atoms with Crippen molar-refractivity contribution in [2.75, 3.05) is 20.1 Å². The van der Waals surface area contributed by atoms with Crippen LogP contribution in [0.5, 0.6) is 0 Å². The third-order valence-electron chi connectivity index (χ3n) is 4.43. The minimum absolute atomic E-state index is 0.642. The van der Waals surface area contributed by atoms with Crippen molar-refractivity contribution in [2.45, 2.75) is 51.6 Å². The molecule has 1 aromatic carbocycles. The van der Waals surface area contributed by atoms with E-state index in [0.29, 0.717) is 6.04 Å². The van der Waals surface area contributed by atoms with Crippen LogP contribution in [0.3, 0.4) is 0 Å². The summed E-state index contributed by atoms with van der Waals surface area (Å²) >= 11 is 0. The first-order valence-corrected chi connectivity index (χ1v) is 7.56. The van der Waals surface area contributed by atoms with Crippen molar-refractivity contribution in [1.82, 2.24) is 10.2 Å². The fraction of sp³-hybridized carbons (Fsp3) is 0.647. The first-order valence-electron chi connectivity index (χ1n) is 7.56. The Labute approximate surface area is 118 Å². The highest BCUT2D eigenvalue weighted by molar-refractivity contribution is 5.27. The van der Waals surface area contributed by atoms with Gasteiger partial charge in [-0.15, -0.1) is 0 Å². The van der Waals surface area contributed by atoms with Gasteiger partial charge in [-0.05, 0) is 52.1 Å². The Balaban J connectivity index is 1.67. The molecule has 0 atom stereocenters. The summed E-state index contributed by atoms with van der Waals surface area (Å²) in [4.78, 5) is 2.39. The van der Waals surface area contributed by atoms with Crippen LogP contribution in [0.1, 0.15) is 43.7 Å². The van der Waals surface area contributed by atoms with Crippen molar-refractivity contribution < 1.29 is 0 Å². The Morgan fingerprint density at radius 3 is 2.68 bits per heavy atom. The molecule has 2 heteroatoms. The Hall–Kier alpha value is -0.860. The molecule has 1 N–H and O–H groups in total. The Kier molecular flexibility index (Phi) is 5.00. The molecule has 0 heterocycles. The van der Waals surface area contributed by atoms with Gasteiger partial charge >= 0.3 is 0 Å². The van der Waals surface area contributed by atoms with E-state index in [-0.39, 0.29) is 0 Å². The quantitative estimate of drug-likeness (QED) is 0.845. The van der Waals surface area contributed by atoms with Crippen molar-refractivity contribution in [3.8, 4) is 0 Å². The molecule has 0 bridgehead atoms. The Bertz CT molecular complexity index is 394. The zero-order valence-corrected chi connectivity index (χ0v) is 12.8. The standard InChI is InChI=1S/C17H28N2/c1-13(2)19(4)9-8-18-17-11-16(12-17)15-7-5-6-14(3)10-15/h5-7,10,13,16-18H,8-9,11-12H2,1-4H3. The average Bonchev–Trinajstić information content (AvgIpc) is 2.31. The van der Waals surface area contributed by atoms with E-state index >= 15 is 0 Å². The van der Waals surface area contributed by atoms with E-state index in [1.807, 2.05) is 0 Å². The third kappa shape index (κ3) is 4.05. The summed E-state index contributed by atoms with van der Waals surface area (Å²) in [5.74, 6) is 0.778. The van der Waals surface area contributed by atoms with E-state index in [2.05, 4.69) is 62.3 Å². The molecule has 1 saturated carbocycles. The molecule has 106 valence electrons. The van der Waals surface area contributed by atoms with Gasteiger partial charge < -0.3 is 10.2 Å². The van der Waals surface area contributed by atoms with Gasteiger partial charge in [-0.25, -0.2) is 0 Å². The number of rotatable bonds is 6. The predicted octanol–water partition coefficient (Wildman–Crippen LogP) is 3.17. The summed E-state index contributed by atoms with van der Waals surface area (Å²) in [6.07, 6.45) is 2.60. The fourth-order valence-corrected chi connectivity index (χ4v) is 2.68. The second kappa shape index (κ2) is 6.53. The molecule has 2 nitrogen and oxygen atoms in total. The van der Waals surface area contributed by atoms with Gasteiger partial charge in [0.1, 0.15) is 0 Å². The lowest BCUT2D eigenvalue weighted by Gasteiger charge is -2.37. The van der Waals surface area contributed by atoms with Gasteiger partial charge in [0.2, 0.25) is 0 Å². The molecule has 0 amide bonds. The summed E-state index contributed by atoms with van der Waals surface area (Å²) in [7, 11) is 2.20. The molecule has 0 unspecified atom stereocenters. The highest BCUT2D eigenvalue weighted by Gasteiger charge is 2.29. The molecule has 1 aliphatic carbocycles. The lowest BCUT2D eigenvalue weighted by atomic mass is 9.75. The first kappa shape index (κ1) is 14.5. The summed E-state index contributed by atoms with van der Waals surface area (Å²) in [6, 6.07) is 10.4. The van der Waals surface area contributed by atoms with E-state index < -0.39 is 0 Å². The minimum atomic E-state index is 0.642. The molecule has 0 radical (unpaired) electrons. The van der Waals surface area contributed by atoms with Gasteiger partial charge in [0.25, 0.3) is 0 Å². The van der Waals surface area contributed by atoms with Gasteiger partial charge in [-0.3, -0.25) is 0 Å². The van der Waals surface area contributed by atoms with Crippen LogP contribution >= 0.6 is 0 Å². The summed E-state index contributed by atoms with van der Waals surface area (Å²) in [5.41, 5.74) is 2.91. The normalized spacial score (nSPS) is 22.8. The topological polar surface area (TPSA) is 15.3 Å². The molecule has 1 aromatic rings. The molecular formula is C17H28N2. The smallest absolute Gasteiger partial charge is 0.0107 e. The largest absolute Gasteiger partial charge is 0.313 e. The first-order chi connectivity index (χ1) is 9.06. The zero-order chi connectivity index (χ0) is 13.8. The molecule has 1 aliphatic rings. The lowest BCUT2D eigenvalue weighted by Crippen LogP contribution is -2.43. The number of hydrogen-bond donors (Lipinski definition) is 1. The van der Waals surface area contributed by atoms with E-state index in [4.69, 9.17) is 0 Å². The summed E-state index contributed by atoms with van der Waals surface area (Å²) < 4.78 is 0. The molecule has 0 aliphatic heterocycles. The SMILES string of the molecule is Cc1cccc(C2CC(NCCN(C)C(C)C)C2)c1. The summed E-state index contributed by atoms with van der Waals surface area (Å²) in [6.45, 7) is 8.93. The lowest BCUT2D eigenvalue weighted by molar-refractivity contribution is 0.242. The molecular weight excluding hydrogens is 232 g/mol. The van der Waals surface area contributed by atoms with Crippen molar-refractivity contribution >= 4 is 0 Å². The number of aryl methyl sites for hydroxylation is 1. The maximum absolute atomic E-state index is 3.68. The third-order valence-corrected chi connectivity index (χ3v) is 4.43. The van der Waals surface area contributed by atoms with Gasteiger partial charge in [0.05, 0.1) is 0 Å². The van der Waals surface area contributed by atoms with Crippen LogP contribution in [-0.2, 0) is 0 Å². The number of benzene rings is 1. The predicted molar refractivity (Wildman–Crippen MR) is 82.7 cm³/mol. The van der Waals surface area contributed by atoms with E-state index in [1.165, 1.54) is 24.0 Å². The monoisotopic (exact) mass is 260 g/mol. The number of hydrogen-bond acceptors (Lipinski definition) is 2. The zero-order valence-electron chi connectivity index (χ0n) is 12.8. The molecule has 1 fully saturated rings. The van der Waals surface area contributed by atoms with Crippen molar-refractivity contribution in [3.05, 3.63) is 35.4 Å². The Morgan fingerprint density at radius 1 is 1.32 bits per heavy atom. The highest BCUT2D eigenvalue weighted by atomic mass is 15.1. The van der Waals surface area contributed by atoms with E-state index in [9.17, 15) is 0 Å². The number of nitrogens with one attached hydrogen (secondary N) is 1. The van der Waals surface area contributed by atoms with Crippen LogP contribution in [0, 0.1) is 6.92 Å². The van der Waals surface area contributed by atoms with Crippen LogP contribution in [-0.4, -0.2) is 37.1 Å². The maximum atomic E-state index is 3.68. The van der Waals surface area contributed by atoms with E-state index in [0.717, 1.165) is 25.0 Å². The van der Waals surface area contributed by atoms with Crippen LogP contribution in [0.2, 0.25) is 0 Å². The van der Waals surface area contributed by atoms with Gasteiger partial charge in [-0.2, -0.15) is 0 Å². The van der Waals surface area contributed by atoms with Crippen LogP contribution < -0.4 is 5.32 Å². The van der Waals surface area contributed by atoms with Crippen LogP contribution in [0.15, 0.2) is 24.3 Å². The van der Waals surface area contributed by atoms with Gasteiger partial charge in [-0.1, -0.05) is 29.8 Å².